The van der Waals surface area contributed by atoms with Crippen molar-refractivity contribution >= 4 is 58.0 Å². The molecule has 0 unspecified atom stereocenters. The lowest BCUT2D eigenvalue weighted by Crippen LogP contribution is -2.29. The predicted molar refractivity (Wildman–Crippen MR) is 96.5 cm³/mol. The Morgan fingerprint density at radius 2 is 1.50 bits per heavy atom. The molecule has 2 rings (SSSR count). The van der Waals surface area contributed by atoms with Crippen molar-refractivity contribution in [3.05, 3.63) is 51.0 Å². The first kappa shape index (κ1) is 18.4. The number of hydrogen-bond acceptors (Lipinski definition) is 3. The van der Waals surface area contributed by atoms with Crippen LogP contribution in [0.2, 0.25) is 15.1 Å². The van der Waals surface area contributed by atoms with Crippen LogP contribution in [0, 0.1) is 6.92 Å². The third-order valence-electron chi connectivity index (χ3n) is 3.06. The van der Waals surface area contributed by atoms with Crippen LogP contribution in [0.4, 0.5) is 11.4 Å². The molecule has 0 aliphatic heterocycles. The summed E-state index contributed by atoms with van der Waals surface area (Å²) in [6.45, 7) is 1.77. The largest absolute Gasteiger partial charge is 0.495 e. The summed E-state index contributed by atoms with van der Waals surface area (Å²) in [5.74, 6) is -1.40. The fourth-order valence-corrected chi connectivity index (χ4v) is 2.60. The van der Waals surface area contributed by atoms with Crippen LogP contribution in [-0.2, 0) is 9.59 Å². The fourth-order valence-electron chi connectivity index (χ4n) is 1.92. The number of hydrogen-bond donors (Lipinski definition) is 2. The maximum Gasteiger partial charge on any atom is 0.314 e. The average molecular weight is 388 g/mol. The second kappa shape index (κ2) is 7.75. The summed E-state index contributed by atoms with van der Waals surface area (Å²) in [5, 5.41) is 6.07. The summed E-state index contributed by atoms with van der Waals surface area (Å²) in [5.41, 5.74) is 1.38. The Labute approximate surface area is 153 Å². The molecule has 0 radical (unpaired) electrons. The number of rotatable bonds is 3. The van der Waals surface area contributed by atoms with Gasteiger partial charge in [0.05, 0.1) is 12.8 Å². The van der Waals surface area contributed by atoms with E-state index in [2.05, 4.69) is 10.6 Å². The molecule has 0 aromatic heterocycles. The van der Waals surface area contributed by atoms with Crippen molar-refractivity contribution in [3.63, 3.8) is 0 Å². The van der Waals surface area contributed by atoms with E-state index >= 15 is 0 Å². The van der Waals surface area contributed by atoms with Gasteiger partial charge in [-0.3, -0.25) is 9.59 Å². The van der Waals surface area contributed by atoms with E-state index in [4.69, 9.17) is 39.5 Å². The molecule has 0 aliphatic rings. The minimum Gasteiger partial charge on any atom is -0.495 e. The van der Waals surface area contributed by atoms with E-state index in [1.54, 1.807) is 19.1 Å². The smallest absolute Gasteiger partial charge is 0.314 e. The molecule has 2 aromatic carbocycles. The number of methoxy groups -OCH3 is 1. The van der Waals surface area contributed by atoms with Gasteiger partial charge in [-0.2, -0.15) is 0 Å². The van der Waals surface area contributed by atoms with Gasteiger partial charge in [0, 0.05) is 26.8 Å². The number of amides is 2. The molecule has 126 valence electrons. The van der Waals surface area contributed by atoms with Crippen LogP contribution in [-0.4, -0.2) is 18.9 Å². The molecule has 24 heavy (non-hydrogen) atoms. The molecule has 0 atom stereocenters. The van der Waals surface area contributed by atoms with Gasteiger partial charge in [-0.25, -0.2) is 0 Å². The number of benzene rings is 2. The number of nitrogens with one attached hydrogen (secondary N) is 2. The van der Waals surface area contributed by atoms with Gasteiger partial charge in [-0.1, -0.05) is 34.8 Å². The lowest BCUT2D eigenvalue weighted by atomic mass is 10.2. The maximum absolute atomic E-state index is 12.1. The summed E-state index contributed by atoms with van der Waals surface area (Å²) in [4.78, 5) is 24.1. The summed E-state index contributed by atoms with van der Waals surface area (Å²) in [6.07, 6.45) is 0. The zero-order valence-corrected chi connectivity index (χ0v) is 15.0. The van der Waals surface area contributed by atoms with Gasteiger partial charge in [0.1, 0.15) is 5.75 Å². The second-order valence-corrected chi connectivity index (χ2v) is 6.15. The summed E-state index contributed by atoms with van der Waals surface area (Å²) in [6, 6.07) is 7.64. The molecule has 2 amide bonds. The molecule has 0 aliphatic carbocycles. The van der Waals surface area contributed by atoms with E-state index in [-0.39, 0.29) is 0 Å². The van der Waals surface area contributed by atoms with Gasteiger partial charge in [0.2, 0.25) is 0 Å². The summed E-state index contributed by atoms with van der Waals surface area (Å²) < 4.78 is 5.15. The Morgan fingerprint density at radius 3 is 2.08 bits per heavy atom. The zero-order chi connectivity index (χ0) is 17.9. The van der Waals surface area contributed by atoms with Crippen LogP contribution >= 0.6 is 34.8 Å². The van der Waals surface area contributed by atoms with Crippen molar-refractivity contribution in [3.8, 4) is 5.75 Å². The van der Waals surface area contributed by atoms with Crippen molar-refractivity contribution < 1.29 is 14.3 Å². The molecule has 0 saturated heterocycles. The van der Waals surface area contributed by atoms with Gasteiger partial charge >= 0.3 is 11.8 Å². The monoisotopic (exact) mass is 386 g/mol. The van der Waals surface area contributed by atoms with Crippen molar-refractivity contribution in [2.75, 3.05) is 17.7 Å². The number of anilines is 2. The van der Waals surface area contributed by atoms with Crippen LogP contribution in [0.1, 0.15) is 5.56 Å². The number of halogens is 3. The van der Waals surface area contributed by atoms with Crippen molar-refractivity contribution in [1.29, 1.82) is 0 Å². The molecule has 2 N–H and O–H groups in total. The fraction of sp³-hybridized carbons (Fsp3) is 0.125. The molecule has 0 fully saturated rings. The molecule has 5 nitrogen and oxygen atoms in total. The van der Waals surface area contributed by atoms with E-state index in [1.165, 1.54) is 25.3 Å². The van der Waals surface area contributed by atoms with Crippen molar-refractivity contribution in [1.82, 2.24) is 0 Å². The van der Waals surface area contributed by atoms with E-state index < -0.39 is 11.8 Å². The number of ether oxygens (including phenoxy) is 1. The first-order chi connectivity index (χ1) is 11.3. The molecular formula is C16H13Cl3N2O3. The lowest BCUT2D eigenvalue weighted by Gasteiger charge is -2.12. The molecule has 0 bridgehead atoms. The molecule has 8 heteroatoms. The van der Waals surface area contributed by atoms with Gasteiger partial charge in [0.25, 0.3) is 0 Å². The number of carbonyl (C=O) groups excluding carboxylic acids is 2. The predicted octanol–water partition coefficient (Wildman–Crippen LogP) is 4.54. The quantitative estimate of drug-likeness (QED) is 0.760. The standard InChI is InChI=1S/C16H13Cl3N2O3/c1-8-3-13(14(24-2)7-12(8)19)21-16(23)15(22)20-11-5-9(17)4-10(18)6-11/h3-7H,1-2H3,(H,20,22)(H,21,23). The van der Waals surface area contributed by atoms with E-state index in [1.807, 2.05) is 0 Å². The summed E-state index contributed by atoms with van der Waals surface area (Å²) >= 11 is 17.7. The summed E-state index contributed by atoms with van der Waals surface area (Å²) in [7, 11) is 1.44. The van der Waals surface area contributed by atoms with Crippen molar-refractivity contribution in [2.45, 2.75) is 6.92 Å². The molecule has 2 aromatic rings. The minimum atomic E-state index is -0.872. The van der Waals surface area contributed by atoms with E-state index in [0.717, 1.165) is 5.56 Å². The van der Waals surface area contributed by atoms with Crippen LogP contribution in [0.15, 0.2) is 30.3 Å². The van der Waals surface area contributed by atoms with Crippen molar-refractivity contribution in [2.24, 2.45) is 0 Å². The highest BCUT2D eigenvalue weighted by atomic mass is 35.5. The zero-order valence-electron chi connectivity index (χ0n) is 12.7. The normalized spacial score (nSPS) is 10.2. The highest BCUT2D eigenvalue weighted by molar-refractivity contribution is 6.44. The topological polar surface area (TPSA) is 67.4 Å². The first-order valence-corrected chi connectivity index (χ1v) is 7.86. The first-order valence-electron chi connectivity index (χ1n) is 6.72. The third kappa shape index (κ3) is 4.54. The Morgan fingerprint density at radius 1 is 0.917 bits per heavy atom. The van der Waals surface area contributed by atoms with Gasteiger partial charge in [-0.05, 0) is 36.8 Å². The van der Waals surface area contributed by atoms with Crippen LogP contribution in [0.3, 0.4) is 0 Å². The Balaban J connectivity index is 2.14. The minimum absolute atomic E-state index is 0.312. The molecule has 0 saturated carbocycles. The van der Waals surface area contributed by atoms with Crippen LogP contribution < -0.4 is 15.4 Å². The highest BCUT2D eigenvalue weighted by Gasteiger charge is 2.17. The Bertz CT molecular complexity index is 789. The number of carbonyl (C=O) groups is 2. The number of aryl methyl sites for hydroxylation is 1. The molecular weight excluding hydrogens is 375 g/mol. The van der Waals surface area contributed by atoms with Gasteiger partial charge in [0.15, 0.2) is 0 Å². The van der Waals surface area contributed by atoms with E-state index in [0.29, 0.717) is 32.2 Å². The van der Waals surface area contributed by atoms with E-state index in [9.17, 15) is 9.59 Å². The van der Waals surface area contributed by atoms with Crippen LogP contribution in [0.25, 0.3) is 0 Å². The Hall–Kier alpha value is -1.95. The Kier molecular flexibility index (Phi) is 5.94. The second-order valence-electron chi connectivity index (χ2n) is 4.87. The molecule has 0 spiro atoms. The lowest BCUT2D eigenvalue weighted by molar-refractivity contribution is -0.133. The highest BCUT2D eigenvalue weighted by Crippen LogP contribution is 2.31. The van der Waals surface area contributed by atoms with Gasteiger partial charge < -0.3 is 15.4 Å². The average Bonchev–Trinajstić information content (AvgIpc) is 2.49. The van der Waals surface area contributed by atoms with Crippen LogP contribution in [0.5, 0.6) is 5.75 Å². The molecule has 0 heterocycles. The van der Waals surface area contributed by atoms with Gasteiger partial charge in [-0.15, -0.1) is 0 Å². The SMILES string of the molecule is COc1cc(Cl)c(C)cc1NC(=O)C(=O)Nc1cc(Cl)cc(Cl)c1. The maximum atomic E-state index is 12.1. The third-order valence-corrected chi connectivity index (χ3v) is 3.90.